The molecule has 0 fully saturated rings. The molecule has 90 valence electrons. The van der Waals surface area contributed by atoms with Crippen molar-refractivity contribution in [2.45, 2.75) is 13.5 Å². The third-order valence-electron chi connectivity index (χ3n) is 2.71. The Bertz CT molecular complexity index is 560. The van der Waals surface area contributed by atoms with E-state index in [1.807, 2.05) is 17.6 Å². The molecule has 2 rings (SSSR count). The molecule has 0 bridgehead atoms. The quantitative estimate of drug-likeness (QED) is 0.874. The molecule has 0 unspecified atom stereocenters. The topological polar surface area (TPSA) is 64.4 Å². The average molecular weight is 234 g/mol. The number of aryl methyl sites for hydroxylation is 1. The Morgan fingerprint density at radius 1 is 1.53 bits per heavy atom. The number of hydrogen-bond acceptors (Lipinski definition) is 3. The molecule has 0 saturated heterocycles. The van der Waals surface area contributed by atoms with Crippen LogP contribution in [-0.2, 0) is 11.3 Å². The SMILES string of the molecule is COCCn1c(C)nc2cccc(C(=O)O)c21. The van der Waals surface area contributed by atoms with Gasteiger partial charge in [-0.3, -0.25) is 0 Å². The first kappa shape index (κ1) is 11.6. The summed E-state index contributed by atoms with van der Waals surface area (Å²) in [6, 6.07) is 5.12. The summed E-state index contributed by atoms with van der Waals surface area (Å²) in [6.45, 7) is 2.99. The van der Waals surface area contributed by atoms with Gasteiger partial charge in [0.2, 0.25) is 0 Å². The van der Waals surface area contributed by atoms with Crippen molar-refractivity contribution in [2.24, 2.45) is 0 Å². The molecule has 1 aromatic heterocycles. The van der Waals surface area contributed by atoms with Crippen molar-refractivity contribution in [3.63, 3.8) is 0 Å². The highest BCUT2D eigenvalue weighted by Gasteiger charge is 2.15. The molecule has 0 amide bonds. The molecular weight excluding hydrogens is 220 g/mol. The molecule has 0 radical (unpaired) electrons. The van der Waals surface area contributed by atoms with Crippen LogP contribution >= 0.6 is 0 Å². The molecule has 0 spiro atoms. The van der Waals surface area contributed by atoms with Gasteiger partial charge in [0.25, 0.3) is 0 Å². The van der Waals surface area contributed by atoms with Crippen molar-refractivity contribution in [3.05, 3.63) is 29.6 Å². The minimum atomic E-state index is -0.936. The van der Waals surface area contributed by atoms with Crippen LogP contribution in [0.15, 0.2) is 18.2 Å². The minimum Gasteiger partial charge on any atom is -0.478 e. The summed E-state index contributed by atoms with van der Waals surface area (Å²) in [7, 11) is 1.62. The zero-order valence-corrected chi connectivity index (χ0v) is 9.80. The lowest BCUT2D eigenvalue weighted by Gasteiger charge is -2.07. The van der Waals surface area contributed by atoms with E-state index in [2.05, 4.69) is 4.98 Å². The van der Waals surface area contributed by atoms with Crippen molar-refractivity contribution >= 4 is 17.0 Å². The molecule has 0 saturated carbocycles. The average Bonchev–Trinajstić information content (AvgIpc) is 2.61. The standard InChI is InChI=1S/C12H14N2O3/c1-8-13-10-5-3-4-9(12(15)16)11(10)14(8)6-7-17-2/h3-5H,6-7H2,1-2H3,(H,15,16). The second-order valence-corrected chi connectivity index (χ2v) is 3.78. The number of methoxy groups -OCH3 is 1. The highest BCUT2D eigenvalue weighted by Crippen LogP contribution is 2.20. The summed E-state index contributed by atoms with van der Waals surface area (Å²) in [5.74, 6) is -0.139. The number of imidazole rings is 1. The van der Waals surface area contributed by atoms with E-state index < -0.39 is 5.97 Å². The third kappa shape index (κ3) is 2.01. The fourth-order valence-corrected chi connectivity index (χ4v) is 1.93. The van der Waals surface area contributed by atoms with Gasteiger partial charge in [-0.25, -0.2) is 9.78 Å². The van der Waals surface area contributed by atoms with Crippen molar-refractivity contribution in [3.8, 4) is 0 Å². The Labute approximate surface area is 98.6 Å². The van der Waals surface area contributed by atoms with E-state index in [9.17, 15) is 4.79 Å². The predicted molar refractivity (Wildman–Crippen MR) is 63.3 cm³/mol. The number of nitrogens with zero attached hydrogens (tertiary/aromatic N) is 2. The van der Waals surface area contributed by atoms with Gasteiger partial charge in [0.1, 0.15) is 5.82 Å². The number of fused-ring (bicyclic) bond motifs is 1. The van der Waals surface area contributed by atoms with E-state index in [-0.39, 0.29) is 5.56 Å². The van der Waals surface area contributed by atoms with Crippen LogP contribution in [0.25, 0.3) is 11.0 Å². The zero-order valence-electron chi connectivity index (χ0n) is 9.80. The monoisotopic (exact) mass is 234 g/mol. The number of aromatic nitrogens is 2. The van der Waals surface area contributed by atoms with Crippen LogP contribution in [0.1, 0.15) is 16.2 Å². The van der Waals surface area contributed by atoms with Gasteiger partial charge in [0, 0.05) is 13.7 Å². The molecule has 5 heteroatoms. The smallest absolute Gasteiger partial charge is 0.337 e. The summed E-state index contributed by atoms with van der Waals surface area (Å²) < 4.78 is 6.90. The number of hydrogen-bond donors (Lipinski definition) is 1. The van der Waals surface area contributed by atoms with Gasteiger partial charge < -0.3 is 14.4 Å². The molecule has 0 aliphatic rings. The van der Waals surface area contributed by atoms with E-state index >= 15 is 0 Å². The zero-order chi connectivity index (χ0) is 12.4. The molecular formula is C12H14N2O3. The molecule has 0 aliphatic carbocycles. The molecule has 0 atom stereocenters. The summed E-state index contributed by atoms with van der Waals surface area (Å²) in [5.41, 5.74) is 1.65. The molecule has 1 aromatic carbocycles. The highest BCUT2D eigenvalue weighted by atomic mass is 16.5. The van der Waals surface area contributed by atoms with Crippen molar-refractivity contribution in [1.29, 1.82) is 0 Å². The maximum absolute atomic E-state index is 11.2. The Morgan fingerprint density at radius 3 is 2.94 bits per heavy atom. The number of carboxylic acids is 1. The van der Waals surface area contributed by atoms with E-state index in [1.165, 1.54) is 0 Å². The number of ether oxygens (including phenoxy) is 1. The Hall–Kier alpha value is -1.88. The molecule has 1 N–H and O–H groups in total. The van der Waals surface area contributed by atoms with Gasteiger partial charge in [-0.2, -0.15) is 0 Å². The largest absolute Gasteiger partial charge is 0.478 e. The van der Waals surface area contributed by atoms with Crippen LogP contribution in [-0.4, -0.2) is 34.3 Å². The number of carboxylic acid groups (broad SMARTS) is 1. The Balaban J connectivity index is 2.64. The molecule has 17 heavy (non-hydrogen) atoms. The summed E-state index contributed by atoms with van der Waals surface area (Å²) in [4.78, 5) is 15.5. The minimum absolute atomic E-state index is 0.277. The van der Waals surface area contributed by atoms with E-state index in [0.717, 1.165) is 5.82 Å². The second-order valence-electron chi connectivity index (χ2n) is 3.78. The van der Waals surface area contributed by atoms with Gasteiger partial charge in [0.15, 0.2) is 0 Å². The summed E-state index contributed by atoms with van der Waals surface area (Å²) in [6.07, 6.45) is 0. The summed E-state index contributed by atoms with van der Waals surface area (Å²) in [5, 5.41) is 9.17. The van der Waals surface area contributed by atoms with Gasteiger partial charge in [-0.15, -0.1) is 0 Å². The highest BCUT2D eigenvalue weighted by molar-refractivity contribution is 6.01. The van der Waals surface area contributed by atoms with Gasteiger partial charge in [-0.05, 0) is 19.1 Å². The van der Waals surface area contributed by atoms with Crippen molar-refractivity contribution < 1.29 is 14.6 Å². The van der Waals surface area contributed by atoms with Crippen LogP contribution in [0.5, 0.6) is 0 Å². The Kier molecular flexibility index (Phi) is 3.10. The number of benzene rings is 1. The fraction of sp³-hybridized carbons (Fsp3) is 0.333. The fourth-order valence-electron chi connectivity index (χ4n) is 1.93. The lowest BCUT2D eigenvalue weighted by Crippen LogP contribution is -2.08. The van der Waals surface area contributed by atoms with Crippen LogP contribution < -0.4 is 0 Å². The lowest BCUT2D eigenvalue weighted by atomic mass is 10.2. The van der Waals surface area contributed by atoms with Gasteiger partial charge in [0.05, 0.1) is 23.2 Å². The van der Waals surface area contributed by atoms with Crippen LogP contribution in [0.2, 0.25) is 0 Å². The number of aromatic carboxylic acids is 1. The number of rotatable bonds is 4. The van der Waals surface area contributed by atoms with Crippen LogP contribution in [0.3, 0.4) is 0 Å². The van der Waals surface area contributed by atoms with E-state index in [1.54, 1.807) is 19.2 Å². The molecule has 0 aliphatic heterocycles. The van der Waals surface area contributed by atoms with Gasteiger partial charge >= 0.3 is 5.97 Å². The summed E-state index contributed by atoms with van der Waals surface area (Å²) >= 11 is 0. The maximum Gasteiger partial charge on any atom is 0.337 e. The van der Waals surface area contributed by atoms with Crippen LogP contribution in [0.4, 0.5) is 0 Å². The number of para-hydroxylation sites is 1. The Morgan fingerprint density at radius 2 is 2.29 bits per heavy atom. The van der Waals surface area contributed by atoms with Crippen molar-refractivity contribution in [1.82, 2.24) is 9.55 Å². The third-order valence-corrected chi connectivity index (χ3v) is 2.71. The maximum atomic E-state index is 11.2. The van der Waals surface area contributed by atoms with Crippen molar-refractivity contribution in [2.75, 3.05) is 13.7 Å². The van der Waals surface area contributed by atoms with E-state index in [0.29, 0.717) is 24.2 Å². The first-order chi connectivity index (χ1) is 8.15. The second kappa shape index (κ2) is 4.55. The molecule has 2 aromatic rings. The lowest BCUT2D eigenvalue weighted by molar-refractivity contribution is 0.0698. The molecule has 1 heterocycles. The normalized spacial score (nSPS) is 10.9. The first-order valence-corrected chi connectivity index (χ1v) is 5.33. The van der Waals surface area contributed by atoms with Gasteiger partial charge in [-0.1, -0.05) is 6.07 Å². The van der Waals surface area contributed by atoms with E-state index in [4.69, 9.17) is 9.84 Å². The predicted octanol–water partition coefficient (Wildman–Crippen LogP) is 1.69. The number of carbonyl (C=O) groups is 1. The molecule has 5 nitrogen and oxygen atoms in total. The first-order valence-electron chi connectivity index (χ1n) is 5.33. The van der Waals surface area contributed by atoms with Crippen LogP contribution in [0, 0.1) is 6.92 Å².